The first-order chi connectivity index (χ1) is 10.7. The fourth-order valence-electron chi connectivity index (χ4n) is 2.62. The van der Waals surface area contributed by atoms with Gasteiger partial charge in [-0.05, 0) is 54.8 Å². The number of benzene rings is 2. The molecule has 0 fully saturated rings. The predicted octanol–water partition coefficient (Wildman–Crippen LogP) is 4.93. The van der Waals surface area contributed by atoms with Gasteiger partial charge >= 0.3 is 0 Å². The van der Waals surface area contributed by atoms with E-state index in [1.54, 1.807) is 7.11 Å². The molecule has 0 amide bonds. The van der Waals surface area contributed by atoms with Crippen LogP contribution in [0.1, 0.15) is 18.1 Å². The average molecular weight is 360 g/mol. The molecule has 1 heterocycles. The third kappa shape index (κ3) is 2.97. The summed E-state index contributed by atoms with van der Waals surface area (Å²) in [7, 11) is 1.66. The number of aromatic amines is 1. The van der Waals surface area contributed by atoms with Crippen molar-refractivity contribution in [1.29, 1.82) is 0 Å². The molecule has 0 bridgehead atoms. The van der Waals surface area contributed by atoms with Crippen LogP contribution in [0.15, 0.2) is 47.1 Å². The highest BCUT2D eigenvalue weighted by atomic mass is 79.9. The standard InChI is InChI=1S/C18H18BrNO2/c1-3-22-18-9-12(4-7-17(18)21-2)8-13-11-20-16-6-5-14(19)10-15(13)16/h4-7,9-11,20H,3,8H2,1-2H3. The average Bonchev–Trinajstić information content (AvgIpc) is 2.90. The molecule has 114 valence electrons. The van der Waals surface area contributed by atoms with Crippen LogP contribution in [0.4, 0.5) is 0 Å². The Kier molecular flexibility index (Phi) is 4.39. The minimum absolute atomic E-state index is 0.625. The highest BCUT2D eigenvalue weighted by molar-refractivity contribution is 9.10. The fourth-order valence-corrected chi connectivity index (χ4v) is 2.98. The zero-order valence-corrected chi connectivity index (χ0v) is 14.2. The number of halogens is 1. The van der Waals surface area contributed by atoms with Crippen LogP contribution in [-0.4, -0.2) is 18.7 Å². The van der Waals surface area contributed by atoms with Gasteiger partial charge in [0.1, 0.15) is 0 Å². The summed E-state index contributed by atoms with van der Waals surface area (Å²) in [5, 5.41) is 1.24. The van der Waals surface area contributed by atoms with Crippen LogP contribution < -0.4 is 9.47 Å². The van der Waals surface area contributed by atoms with E-state index in [-0.39, 0.29) is 0 Å². The minimum atomic E-state index is 0.625. The van der Waals surface area contributed by atoms with E-state index in [1.165, 1.54) is 16.5 Å². The maximum Gasteiger partial charge on any atom is 0.161 e. The number of aromatic nitrogens is 1. The van der Waals surface area contributed by atoms with Gasteiger partial charge < -0.3 is 14.5 Å². The largest absolute Gasteiger partial charge is 0.493 e. The van der Waals surface area contributed by atoms with Gasteiger partial charge in [-0.2, -0.15) is 0 Å². The summed E-state index contributed by atoms with van der Waals surface area (Å²) in [5.41, 5.74) is 3.62. The number of hydrogen-bond acceptors (Lipinski definition) is 2. The van der Waals surface area contributed by atoms with Crippen molar-refractivity contribution in [2.75, 3.05) is 13.7 Å². The fraction of sp³-hybridized carbons (Fsp3) is 0.222. The topological polar surface area (TPSA) is 34.2 Å². The van der Waals surface area contributed by atoms with Crippen molar-refractivity contribution in [2.24, 2.45) is 0 Å². The maximum absolute atomic E-state index is 5.65. The Morgan fingerprint density at radius 1 is 1.09 bits per heavy atom. The Bertz CT molecular complexity index is 795. The molecule has 0 aliphatic heterocycles. The van der Waals surface area contributed by atoms with Crippen molar-refractivity contribution < 1.29 is 9.47 Å². The summed E-state index contributed by atoms with van der Waals surface area (Å²) < 4.78 is 12.1. The summed E-state index contributed by atoms with van der Waals surface area (Å²) in [5.74, 6) is 1.57. The molecule has 0 radical (unpaired) electrons. The van der Waals surface area contributed by atoms with E-state index in [4.69, 9.17) is 9.47 Å². The molecule has 3 aromatic rings. The molecule has 0 aliphatic rings. The molecule has 0 saturated carbocycles. The van der Waals surface area contributed by atoms with E-state index in [0.717, 1.165) is 27.9 Å². The van der Waals surface area contributed by atoms with E-state index >= 15 is 0 Å². The Labute approximate surface area is 138 Å². The molecule has 0 spiro atoms. The number of nitrogens with one attached hydrogen (secondary N) is 1. The number of hydrogen-bond donors (Lipinski definition) is 1. The summed E-state index contributed by atoms with van der Waals surface area (Å²) in [4.78, 5) is 3.32. The van der Waals surface area contributed by atoms with Crippen molar-refractivity contribution in [3.8, 4) is 11.5 Å². The number of H-pyrrole nitrogens is 1. The van der Waals surface area contributed by atoms with Gasteiger partial charge in [0.15, 0.2) is 11.5 Å². The van der Waals surface area contributed by atoms with Crippen molar-refractivity contribution in [3.05, 3.63) is 58.2 Å². The van der Waals surface area contributed by atoms with Crippen LogP contribution in [0.2, 0.25) is 0 Å². The second-order valence-electron chi connectivity index (χ2n) is 5.10. The summed E-state index contributed by atoms with van der Waals surface area (Å²) in [6.07, 6.45) is 2.92. The molecule has 0 aliphatic carbocycles. The lowest BCUT2D eigenvalue weighted by Crippen LogP contribution is -1.97. The van der Waals surface area contributed by atoms with Crippen LogP contribution >= 0.6 is 15.9 Å². The Balaban J connectivity index is 1.94. The minimum Gasteiger partial charge on any atom is -0.493 e. The van der Waals surface area contributed by atoms with Gasteiger partial charge in [0.2, 0.25) is 0 Å². The number of rotatable bonds is 5. The third-order valence-electron chi connectivity index (χ3n) is 3.65. The quantitative estimate of drug-likeness (QED) is 0.700. The lowest BCUT2D eigenvalue weighted by atomic mass is 10.0. The van der Waals surface area contributed by atoms with Gasteiger partial charge in [0.25, 0.3) is 0 Å². The lowest BCUT2D eigenvalue weighted by Gasteiger charge is -2.11. The van der Waals surface area contributed by atoms with E-state index in [9.17, 15) is 0 Å². The van der Waals surface area contributed by atoms with E-state index in [2.05, 4.69) is 51.4 Å². The van der Waals surface area contributed by atoms with Gasteiger partial charge in [-0.3, -0.25) is 0 Å². The molecule has 0 saturated heterocycles. The highest BCUT2D eigenvalue weighted by Crippen LogP contribution is 2.30. The SMILES string of the molecule is CCOc1cc(Cc2c[nH]c3ccc(Br)cc23)ccc1OC. The van der Waals surface area contributed by atoms with Crippen molar-refractivity contribution in [3.63, 3.8) is 0 Å². The summed E-state index contributed by atoms with van der Waals surface area (Å²) in [6, 6.07) is 12.4. The molecular weight excluding hydrogens is 342 g/mol. The number of methoxy groups -OCH3 is 1. The van der Waals surface area contributed by atoms with Crippen molar-refractivity contribution in [2.45, 2.75) is 13.3 Å². The molecule has 4 heteroatoms. The summed E-state index contributed by atoms with van der Waals surface area (Å²) in [6.45, 7) is 2.60. The zero-order valence-electron chi connectivity index (χ0n) is 12.7. The zero-order chi connectivity index (χ0) is 15.5. The van der Waals surface area contributed by atoms with Gasteiger partial charge in [-0.15, -0.1) is 0 Å². The lowest BCUT2D eigenvalue weighted by molar-refractivity contribution is 0.310. The van der Waals surface area contributed by atoms with E-state index in [1.807, 2.05) is 19.1 Å². The van der Waals surface area contributed by atoms with Crippen LogP contribution in [0, 0.1) is 0 Å². The van der Waals surface area contributed by atoms with E-state index < -0.39 is 0 Å². The van der Waals surface area contributed by atoms with Crippen LogP contribution in [-0.2, 0) is 6.42 Å². The van der Waals surface area contributed by atoms with Crippen molar-refractivity contribution >= 4 is 26.8 Å². The molecule has 22 heavy (non-hydrogen) atoms. The molecule has 1 N–H and O–H groups in total. The first kappa shape index (κ1) is 15.0. The van der Waals surface area contributed by atoms with Gasteiger partial charge in [0.05, 0.1) is 13.7 Å². The smallest absolute Gasteiger partial charge is 0.161 e. The Morgan fingerprint density at radius 3 is 2.73 bits per heavy atom. The maximum atomic E-state index is 5.65. The van der Waals surface area contributed by atoms with Crippen LogP contribution in [0.3, 0.4) is 0 Å². The first-order valence-electron chi connectivity index (χ1n) is 7.26. The second-order valence-corrected chi connectivity index (χ2v) is 6.01. The summed E-state index contributed by atoms with van der Waals surface area (Å²) >= 11 is 3.54. The van der Waals surface area contributed by atoms with Crippen LogP contribution in [0.25, 0.3) is 10.9 Å². The monoisotopic (exact) mass is 359 g/mol. The molecule has 3 nitrogen and oxygen atoms in total. The first-order valence-corrected chi connectivity index (χ1v) is 8.05. The normalized spacial score (nSPS) is 10.9. The Hall–Kier alpha value is -1.94. The van der Waals surface area contributed by atoms with E-state index in [0.29, 0.717) is 6.61 Å². The number of fused-ring (bicyclic) bond motifs is 1. The second kappa shape index (κ2) is 6.44. The Morgan fingerprint density at radius 2 is 1.95 bits per heavy atom. The van der Waals surface area contributed by atoms with Gasteiger partial charge in [-0.25, -0.2) is 0 Å². The van der Waals surface area contributed by atoms with Crippen LogP contribution in [0.5, 0.6) is 11.5 Å². The van der Waals surface area contributed by atoms with Crippen molar-refractivity contribution in [1.82, 2.24) is 4.98 Å². The predicted molar refractivity (Wildman–Crippen MR) is 93.0 cm³/mol. The number of ether oxygens (including phenoxy) is 2. The van der Waals surface area contributed by atoms with Gasteiger partial charge in [0, 0.05) is 21.6 Å². The highest BCUT2D eigenvalue weighted by Gasteiger charge is 2.09. The molecule has 0 atom stereocenters. The molecule has 0 unspecified atom stereocenters. The molecular formula is C18H18BrNO2. The molecule has 1 aromatic heterocycles. The van der Waals surface area contributed by atoms with Gasteiger partial charge in [-0.1, -0.05) is 22.0 Å². The molecule has 3 rings (SSSR count). The molecule has 2 aromatic carbocycles. The third-order valence-corrected chi connectivity index (χ3v) is 4.15.